The molecule has 3 atom stereocenters. The van der Waals surface area contributed by atoms with E-state index in [4.69, 9.17) is 37.4 Å². The van der Waals surface area contributed by atoms with E-state index in [1.54, 1.807) is 28.1 Å². The van der Waals surface area contributed by atoms with Crippen molar-refractivity contribution < 1.29 is 28.6 Å². The number of hydrogen-bond donors (Lipinski definition) is 3. The minimum Gasteiger partial charge on any atom is -0.462 e. The fourth-order valence-electron chi connectivity index (χ4n) is 3.80. The lowest BCUT2D eigenvalue weighted by Crippen LogP contribution is -2.55. The highest BCUT2D eigenvalue weighted by molar-refractivity contribution is 7.17. The maximum Gasteiger partial charge on any atom is 0.350 e. The molecule has 2 aromatic rings. The summed E-state index contributed by atoms with van der Waals surface area (Å²) < 4.78 is 16.0. The highest BCUT2D eigenvalue weighted by Gasteiger charge is 2.34. The van der Waals surface area contributed by atoms with Crippen molar-refractivity contribution in [3.05, 3.63) is 32.0 Å². The Morgan fingerprint density at radius 1 is 1.24 bits per heavy atom. The second-order valence-corrected chi connectivity index (χ2v) is 10.2. The number of nitrogens with zero attached hydrogens (tertiary/aromatic N) is 2. The van der Waals surface area contributed by atoms with Crippen LogP contribution in [0, 0.1) is 6.92 Å². The molecule has 3 N–H and O–H groups in total. The molecule has 1 aliphatic rings. The highest BCUT2D eigenvalue weighted by atomic mass is 35.5. The van der Waals surface area contributed by atoms with Crippen LogP contribution in [0.5, 0.6) is 0 Å². The second-order valence-electron chi connectivity index (χ2n) is 8.49. The molecule has 11 nitrogen and oxygen atoms in total. The van der Waals surface area contributed by atoms with Gasteiger partial charge in [-0.2, -0.15) is 0 Å². The van der Waals surface area contributed by atoms with Crippen molar-refractivity contribution in [2.45, 2.75) is 45.4 Å². The van der Waals surface area contributed by atoms with E-state index in [0.717, 1.165) is 11.3 Å². The first-order chi connectivity index (χ1) is 17.6. The van der Waals surface area contributed by atoms with Crippen LogP contribution in [0.2, 0.25) is 10.0 Å². The van der Waals surface area contributed by atoms with Crippen molar-refractivity contribution in [1.82, 2.24) is 20.6 Å². The van der Waals surface area contributed by atoms with Crippen molar-refractivity contribution in [3.63, 3.8) is 0 Å². The zero-order valence-electron chi connectivity index (χ0n) is 21.3. The second kappa shape index (κ2) is 12.9. The molecular formula is C23H31Cl2N5O6S. The van der Waals surface area contributed by atoms with Gasteiger partial charge in [-0.15, -0.1) is 0 Å². The molecule has 0 aliphatic carbocycles. The third kappa shape index (κ3) is 6.74. The topological polar surface area (TPSA) is 135 Å². The molecule has 3 rings (SSSR count). The van der Waals surface area contributed by atoms with Crippen LogP contribution < -0.4 is 15.5 Å². The number of aromatic nitrogens is 2. The number of aromatic amines is 1. The number of ether oxygens (including phenoxy) is 3. The fraction of sp³-hybridized carbons (Fsp3) is 0.565. The molecule has 3 heterocycles. The molecule has 0 aromatic carbocycles. The van der Waals surface area contributed by atoms with Gasteiger partial charge in [0.1, 0.15) is 10.6 Å². The maximum atomic E-state index is 12.8. The zero-order valence-corrected chi connectivity index (χ0v) is 23.6. The Hall–Kier alpha value is -2.38. The molecule has 0 unspecified atom stereocenters. The average molecular weight is 577 g/mol. The summed E-state index contributed by atoms with van der Waals surface area (Å²) in [4.78, 5) is 47.7. The minimum absolute atomic E-state index is 0.000202. The Bertz CT molecular complexity index is 1140. The lowest BCUT2D eigenvalue weighted by atomic mass is 10.0. The number of methoxy groups -OCH3 is 2. The number of carbonyl (C=O) groups is 3. The molecule has 204 valence electrons. The van der Waals surface area contributed by atoms with E-state index in [1.165, 1.54) is 0 Å². The average Bonchev–Trinajstić information content (AvgIpc) is 3.45. The number of piperidine rings is 1. The number of H-pyrrole nitrogens is 1. The summed E-state index contributed by atoms with van der Waals surface area (Å²) in [5.74, 6) is -1.49. The SMILES string of the molecule is CCOC(=O)c1sc(N2CC[C@@H](NC(=O)c3[nH]c(C)c(Cl)c3Cl)[C@@H](OC)C2)nc1C(=O)NC[C@H](C)OC. The molecule has 0 saturated carbocycles. The van der Waals surface area contributed by atoms with Crippen LogP contribution >= 0.6 is 34.5 Å². The van der Waals surface area contributed by atoms with Crippen LogP contribution in [0.1, 0.15) is 56.6 Å². The summed E-state index contributed by atoms with van der Waals surface area (Å²) in [5, 5.41) is 6.65. The molecule has 0 radical (unpaired) electrons. The van der Waals surface area contributed by atoms with Crippen LogP contribution in [-0.2, 0) is 14.2 Å². The first-order valence-corrected chi connectivity index (χ1v) is 13.3. The van der Waals surface area contributed by atoms with Crippen LogP contribution in [0.4, 0.5) is 5.13 Å². The van der Waals surface area contributed by atoms with E-state index in [0.29, 0.717) is 35.4 Å². The van der Waals surface area contributed by atoms with Gasteiger partial charge >= 0.3 is 5.97 Å². The predicted molar refractivity (Wildman–Crippen MR) is 141 cm³/mol. The van der Waals surface area contributed by atoms with Crippen LogP contribution in [-0.4, -0.2) is 86.5 Å². The van der Waals surface area contributed by atoms with Gasteiger partial charge in [0.05, 0.1) is 34.9 Å². The van der Waals surface area contributed by atoms with Gasteiger partial charge in [-0.3, -0.25) is 9.59 Å². The quantitative estimate of drug-likeness (QED) is 0.368. The van der Waals surface area contributed by atoms with E-state index in [-0.39, 0.29) is 52.5 Å². The van der Waals surface area contributed by atoms with E-state index < -0.39 is 18.0 Å². The Kier molecular flexibility index (Phi) is 10.2. The third-order valence-corrected chi connectivity index (χ3v) is 8.02. The lowest BCUT2D eigenvalue weighted by molar-refractivity contribution is 0.0527. The van der Waals surface area contributed by atoms with Crippen LogP contribution in [0.25, 0.3) is 0 Å². The number of amides is 2. The van der Waals surface area contributed by atoms with E-state index in [1.807, 2.05) is 11.8 Å². The summed E-state index contributed by atoms with van der Waals surface area (Å²) >= 11 is 13.4. The van der Waals surface area contributed by atoms with Gasteiger partial charge in [0, 0.05) is 39.5 Å². The van der Waals surface area contributed by atoms with Gasteiger partial charge in [0.25, 0.3) is 11.8 Å². The van der Waals surface area contributed by atoms with Gasteiger partial charge < -0.3 is 34.7 Å². The lowest BCUT2D eigenvalue weighted by Gasteiger charge is -2.37. The van der Waals surface area contributed by atoms with E-state index in [9.17, 15) is 14.4 Å². The number of hydrogen-bond acceptors (Lipinski definition) is 9. The molecule has 2 aromatic heterocycles. The largest absolute Gasteiger partial charge is 0.462 e. The number of thiazole rings is 1. The number of rotatable bonds is 10. The molecule has 37 heavy (non-hydrogen) atoms. The molecule has 0 spiro atoms. The van der Waals surface area contributed by atoms with Crippen LogP contribution in [0.3, 0.4) is 0 Å². The zero-order chi connectivity index (χ0) is 27.3. The molecule has 1 saturated heterocycles. The van der Waals surface area contributed by atoms with Crippen molar-refractivity contribution in [2.75, 3.05) is 45.4 Å². The summed E-state index contributed by atoms with van der Waals surface area (Å²) in [5.41, 5.74) is 0.797. The first-order valence-electron chi connectivity index (χ1n) is 11.7. The van der Waals surface area contributed by atoms with E-state index in [2.05, 4.69) is 20.6 Å². The fourth-order valence-corrected chi connectivity index (χ4v) is 5.21. The summed E-state index contributed by atoms with van der Waals surface area (Å²) in [6.45, 7) is 6.53. The highest BCUT2D eigenvalue weighted by Crippen LogP contribution is 2.31. The number of halogens is 2. The number of anilines is 1. The molecular weight excluding hydrogens is 545 g/mol. The number of carbonyl (C=O) groups excluding carboxylic acids is 3. The van der Waals surface area contributed by atoms with Gasteiger partial charge in [-0.25, -0.2) is 9.78 Å². The predicted octanol–water partition coefficient (Wildman–Crippen LogP) is 3.05. The molecule has 2 amide bonds. The summed E-state index contributed by atoms with van der Waals surface area (Å²) in [7, 11) is 3.10. The van der Waals surface area contributed by atoms with Gasteiger partial charge in [-0.1, -0.05) is 34.5 Å². The number of aryl methyl sites for hydroxylation is 1. The Labute approximate surface area is 229 Å². The summed E-state index contributed by atoms with van der Waals surface area (Å²) in [6, 6.07) is -0.310. The van der Waals surface area contributed by atoms with Crippen molar-refractivity contribution in [3.8, 4) is 0 Å². The maximum absolute atomic E-state index is 12.8. The molecule has 1 aliphatic heterocycles. The van der Waals surface area contributed by atoms with Crippen molar-refractivity contribution in [2.24, 2.45) is 0 Å². The van der Waals surface area contributed by atoms with Crippen LogP contribution in [0.15, 0.2) is 0 Å². The van der Waals surface area contributed by atoms with Crippen molar-refractivity contribution in [1.29, 1.82) is 0 Å². The summed E-state index contributed by atoms with van der Waals surface area (Å²) in [6.07, 6.45) is -0.0698. The number of esters is 1. The van der Waals surface area contributed by atoms with Gasteiger partial charge in [-0.05, 0) is 27.2 Å². The van der Waals surface area contributed by atoms with Gasteiger partial charge in [0.15, 0.2) is 10.8 Å². The smallest absolute Gasteiger partial charge is 0.350 e. The normalized spacial score (nSPS) is 18.4. The molecule has 1 fully saturated rings. The molecule has 14 heteroatoms. The van der Waals surface area contributed by atoms with E-state index >= 15 is 0 Å². The number of nitrogens with one attached hydrogen (secondary N) is 3. The van der Waals surface area contributed by atoms with Crippen molar-refractivity contribution >= 4 is 57.5 Å². The standard InChI is InChI=1S/C23H31Cl2N5O6S/c1-6-36-22(33)19-18(20(31)26-9-11(2)34-4)29-23(37-19)30-8-7-13(14(10-30)35-5)28-21(32)17-16(25)15(24)12(3)27-17/h11,13-14,27H,6-10H2,1-5H3,(H,26,31)(H,28,32)/t11-,13+,14-/m0/s1. The molecule has 0 bridgehead atoms. The first kappa shape index (κ1) is 29.2. The minimum atomic E-state index is -0.613. The Morgan fingerprint density at radius 3 is 2.57 bits per heavy atom. The van der Waals surface area contributed by atoms with Gasteiger partial charge in [0.2, 0.25) is 0 Å². The monoisotopic (exact) mass is 575 g/mol. The Morgan fingerprint density at radius 2 is 1.97 bits per heavy atom. The third-order valence-electron chi connectivity index (χ3n) is 5.97. The Balaban J connectivity index is 1.76.